The number of rotatable bonds is 7. The van der Waals surface area contributed by atoms with Crippen LogP contribution < -0.4 is 10.6 Å². The Bertz CT molecular complexity index is 169. The topological polar surface area (TPSA) is 24.1 Å². The molecule has 0 heterocycles. The van der Waals surface area contributed by atoms with E-state index in [1.807, 2.05) is 0 Å². The van der Waals surface area contributed by atoms with Gasteiger partial charge in [0.2, 0.25) is 0 Å². The van der Waals surface area contributed by atoms with Crippen LogP contribution in [0.2, 0.25) is 0 Å². The molecule has 0 atom stereocenters. The molecule has 2 N–H and O–H groups in total. The second-order valence-corrected chi connectivity index (χ2v) is 4.99. The Labute approximate surface area is 124 Å². The molecule has 1 radical (unpaired) electrons. The molecule has 0 saturated heterocycles. The summed E-state index contributed by atoms with van der Waals surface area (Å²) in [6.07, 6.45) is 4.57. The first-order valence-corrected chi connectivity index (χ1v) is 6.16. The molecule has 0 amide bonds. The molecule has 15 heavy (non-hydrogen) atoms. The van der Waals surface area contributed by atoms with E-state index >= 15 is 0 Å². The van der Waals surface area contributed by atoms with Crippen LogP contribution in [0.4, 0.5) is 0 Å². The average molecular weight is 330 g/mol. The smallest absolute Gasteiger partial charge is 0.412 e. The van der Waals surface area contributed by atoms with E-state index in [2.05, 4.69) is 10.6 Å². The first kappa shape index (κ1) is 18.1. The van der Waals surface area contributed by atoms with E-state index in [9.17, 15) is 0 Å². The van der Waals surface area contributed by atoms with Crippen LogP contribution in [0, 0.1) is 0 Å². The van der Waals surface area contributed by atoms with Crippen LogP contribution in [0.5, 0.6) is 0 Å². The van der Waals surface area contributed by atoms with E-state index in [-0.39, 0.29) is 17.1 Å². The van der Waals surface area contributed by atoms with Gasteiger partial charge in [-0.25, -0.2) is 0 Å². The molecule has 0 fully saturated rings. The van der Waals surface area contributed by atoms with E-state index in [1.165, 1.54) is 12.8 Å². The summed E-state index contributed by atoms with van der Waals surface area (Å²) >= 11 is 18.8. The maximum Gasteiger partial charge on any atom is 2.00 e. The Hall–Kier alpha value is 0.739. The SMILES string of the molecule is S=C([S-])NCCCCCCNC(=S)[S-].[Cu+2]. The minimum Gasteiger partial charge on any atom is -0.412 e. The molecule has 0 aromatic rings. The molecule has 91 valence electrons. The van der Waals surface area contributed by atoms with Gasteiger partial charge in [0.05, 0.1) is 0 Å². The van der Waals surface area contributed by atoms with Crippen molar-refractivity contribution < 1.29 is 17.1 Å². The van der Waals surface area contributed by atoms with Gasteiger partial charge in [0.15, 0.2) is 0 Å². The van der Waals surface area contributed by atoms with Crippen LogP contribution >= 0.6 is 24.4 Å². The van der Waals surface area contributed by atoms with E-state index in [0.29, 0.717) is 8.64 Å². The fourth-order valence-corrected chi connectivity index (χ4v) is 1.39. The zero-order valence-electron chi connectivity index (χ0n) is 8.18. The molecule has 0 bridgehead atoms. The number of unbranched alkanes of at least 4 members (excludes halogenated alkanes) is 3. The molecule has 0 aliphatic rings. The van der Waals surface area contributed by atoms with E-state index in [4.69, 9.17) is 49.7 Å². The maximum atomic E-state index is 4.71. The van der Waals surface area contributed by atoms with Gasteiger partial charge >= 0.3 is 17.1 Å². The van der Waals surface area contributed by atoms with Crippen molar-refractivity contribution >= 4 is 58.3 Å². The van der Waals surface area contributed by atoms with Crippen LogP contribution in [-0.2, 0) is 42.3 Å². The van der Waals surface area contributed by atoms with Gasteiger partial charge in [-0.05, 0) is 12.8 Å². The molecule has 0 rings (SSSR count). The van der Waals surface area contributed by atoms with Gasteiger partial charge in [0.25, 0.3) is 0 Å². The van der Waals surface area contributed by atoms with Gasteiger partial charge < -0.3 is 60.3 Å². The van der Waals surface area contributed by atoms with Crippen molar-refractivity contribution in [1.29, 1.82) is 0 Å². The first-order valence-electron chi connectivity index (χ1n) is 4.52. The molecule has 0 aromatic heterocycles. The Morgan fingerprint density at radius 1 is 0.800 bits per heavy atom. The Morgan fingerprint density at radius 3 is 1.40 bits per heavy atom. The summed E-state index contributed by atoms with van der Waals surface area (Å²) < 4.78 is 0.922. The van der Waals surface area contributed by atoms with Gasteiger partial charge in [-0.2, -0.15) is 0 Å². The molecule has 0 aliphatic carbocycles. The van der Waals surface area contributed by atoms with E-state index in [0.717, 1.165) is 25.9 Å². The number of hydrogen-bond acceptors (Lipinski definition) is 4. The normalized spacial score (nSPS) is 8.80. The summed E-state index contributed by atoms with van der Waals surface area (Å²) in [5.41, 5.74) is 0. The van der Waals surface area contributed by atoms with Crippen LogP contribution in [0.3, 0.4) is 0 Å². The molecular weight excluding hydrogens is 316 g/mol. The molecule has 0 spiro atoms. The molecule has 7 heteroatoms. The van der Waals surface area contributed by atoms with Crippen LogP contribution in [0.15, 0.2) is 0 Å². The predicted octanol–water partition coefficient (Wildman–Crippen LogP) is 1.39. The van der Waals surface area contributed by atoms with Gasteiger partial charge in [-0.3, -0.25) is 0 Å². The minimum atomic E-state index is 0. The Balaban J connectivity index is 0. The average Bonchev–Trinajstić information content (AvgIpc) is 2.08. The van der Waals surface area contributed by atoms with Crippen molar-refractivity contribution in [2.75, 3.05) is 13.1 Å². The molecule has 0 saturated carbocycles. The monoisotopic (exact) mass is 329 g/mol. The third kappa shape index (κ3) is 17.4. The minimum absolute atomic E-state index is 0. The largest absolute Gasteiger partial charge is 2.00 e. The Kier molecular flexibility index (Phi) is 15.5. The zero-order valence-corrected chi connectivity index (χ0v) is 12.4. The van der Waals surface area contributed by atoms with E-state index < -0.39 is 0 Å². The van der Waals surface area contributed by atoms with Gasteiger partial charge in [0, 0.05) is 13.1 Å². The van der Waals surface area contributed by atoms with Crippen LogP contribution in [0.1, 0.15) is 25.7 Å². The van der Waals surface area contributed by atoms with Crippen molar-refractivity contribution in [3.63, 3.8) is 0 Å². The maximum absolute atomic E-state index is 4.71. The fourth-order valence-electron chi connectivity index (χ4n) is 0.984. The second-order valence-electron chi connectivity index (χ2n) is 2.84. The first-order chi connectivity index (χ1) is 6.63. The summed E-state index contributed by atoms with van der Waals surface area (Å²) in [5, 5.41) is 5.90. The van der Waals surface area contributed by atoms with Crippen molar-refractivity contribution in [3.8, 4) is 0 Å². The molecule has 2 nitrogen and oxygen atoms in total. The molecule has 0 aliphatic heterocycles. The summed E-state index contributed by atoms with van der Waals surface area (Å²) in [7, 11) is 0. The van der Waals surface area contributed by atoms with Crippen molar-refractivity contribution in [3.05, 3.63) is 0 Å². The third-order valence-electron chi connectivity index (χ3n) is 1.64. The second kappa shape index (κ2) is 12.8. The van der Waals surface area contributed by atoms with Crippen LogP contribution in [-0.4, -0.2) is 21.7 Å². The van der Waals surface area contributed by atoms with Crippen molar-refractivity contribution in [1.82, 2.24) is 10.6 Å². The van der Waals surface area contributed by atoms with Gasteiger partial charge in [-0.15, -0.1) is 0 Å². The van der Waals surface area contributed by atoms with E-state index in [1.54, 1.807) is 0 Å². The number of hydrogen-bond donors (Lipinski definition) is 2. The van der Waals surface area contributed by atoms with Gasteiger partial charge in [0.1, 0.15) is 0 Å². The summed E-state index contributed by atoms with van der Waals surface area (Å²) in [6.45, 7) is 1.77. The molecular formula is C8H14CuN2S4. The zero-order chi connectivity index (χ0) is 10.8. The molecule has 0 aromatic carbocycles. The fraction of sp³-hybridized carbons (Fsp3) is 0.750. The number of nitrogens with one attached hydrogen (secondary N) is 2. The Morgan fingerprint density at radius 2 is 1.13 bits per heavy atom. The quantitative estimate of drug-likeness (QED) is 0.317. The third-order valence-corrected chi connectivity index (χ3v) is 2.22. The summed E-state index contributed by atoms with van der Waals surface area (Å²) in [4.78, 5) is 0. The standard InChI is InChI=1S/C8H16N2S4.Cu/c11-7(12)9-5-3-1-2-4-6-10-8(13)14;/h1-6H2,(H2,9,11,12)(H2,10,13,14);/q;+2/p-2. The van der Waals surface area contributed by atoms with Crippen molar-refractivity contribution in [2.24, 2.45) is 0 Å². The van der Waals surface area contributed by atoms with Crippen LogP contribution in [0.25, 0.3) is 0 Å². The van der Waals surface area contributed by atoms with Crippen molar-refractivity contribution in [2.45, 2.75) is 25.7 Å². The predicted molar refractivity (Wildman–Crippen MR) is 74.4 cm³/mol. The molecule has 0 unspecified atom stereocenters. The summed E-state index contributed by atoms with van der Waals surface area (Å²) in [5.74, 6) is 0. The van der Waals surface area contributed by atoms with Gasteiger partial charge in [-0.1, -0.05) is 21.5 Å². The summed E-state index contributed by atoms with van der Waals surface area (Å²) in [6, 6.07) is 0. The number of thiocarbonyl (C=S) groups is 2.